The zero-order chi connectivity index (χ0) is 19.1. The van der Waals surface area contributed by atoms with Crippen LogP contribution in [0, 0.1) is 13.8 Å². The minimum Gasteiger partial charge on any atom is -0.449 e. The van der Waals surface area contributed by atoms with Gasteiger partial charge in [-0.3, -0.25) is 4.79 Å². The molecule has 0 aromatic heterocycles. The van der Waals surface area contributed by atoms with Gasteiger partial charge < -0.3 is 20.5 Å². The molecular formula is C20H24N2O4. The van der Waals surface area contributed by atoms with Crippen LogP contribution < -0.4 is 10.6 Å². The van der Waals surface area contributed by atoms with Crippen molar-refractivity contribution in [2.75, 3.05) is 23.8 Å². The minimum atomic E-state index is -0.951. The largest absolute Gasteiger partial charge is 0.449 e. The number of anilines is 2. The van der Waals surface area contributed by atoms with E-state index < -0.39 is 18.0 Å². The fourth-order valence-electron chi connectivity index (χ4n) is 2.52. The standard InChI is InChI=1S/C20H24N2O4/c1-13-7-6-8-14(2)18(13)22-19(24)15(3)26-20(25)16-9-4-5-10-17(16)21-11-12-23/h4-10,15,21,23H,11-12H2,1-3H3,(H,22,24)/t15-/m1/s1. The molecule has 1 amide bonds. The first-order valence-electron chi connectivity index (χ1n) is 8.46. The van der Waals surface area contributed by atoms with Crippen LogP contribution in [-0.4, -0.2) is 36.2 Å². The molecule has 0 aliphatic carbocycles. The lowest BCUT2D eigenvalue weighted by Gasteiger charge is -2.17. The van der Waals surface area contributed by atoms with Crippen LogP contribution in [0.15, 0.2) is 42.5 Å². The third-order valence-electron chi connectivity index (χ3n) is 3.96. The van der Waals surface area contributed by atoms with E-state index in [0.29, 0.717) is 17.8 Å². The maximum atomic E-state index is 12.4. The quantitative estimate of drug-likeness (QED) is 0.664. The van der Waals surface area contributed by atoms with Crippen molar-refractivity contribution in [3.05, 3.63) is 59.2 Å². The summed E-state index contributed by atoms with van der Waals surface area (Å²) in [7, 11) is 0. The molecule has 6 heteroatoms. The van der Waals surface area contributed by atoms with Crippen molar-refractivity contribution in [1.82, 2.24) is 0 Å². The van der Waals surface area contributed by atoms with Crippen molar-refractivity contribution in [2.45, 2.75) is 26.9 Å². The molecule has 1 atom stereocenters. The number of carbonyl (C=O) groups excluding carboxylic acids is 2. The van der Waals surface area contributed by atoms with Crippen LogP contribution in [0.2, 0.25) is 0 Å². The highest BCUT2D eigenvalue weighted by molar-refractivity contribution is 6.00. The van der Waals surface area contributed by atoms with Crippen LogP contribution in [0.1, 0.15) is 28.4 Å². The molecule has 0 radical (unpaired) electrons. The average Bonchev–Trinajstić information content (AvgIpc) is 2.63. The number of carbonyl (C=O) groups is 2. The van der Waals surface area contributed by atoms with Crippen LogP contribution in [-0.2, 0) is 9.53 Å². The van der Waals surface area contributed by atoms with Gasteiger partial charge in [0.05, 0.1) is 12.2 Å². The zero-order valence-electron chi connectivity index (χ0n) is 15.2. The summed E-state index contributed by atoms with van der Waals surface area (Å²) < 4.78 is 5.32. The molecule has 2 rings (SSSR count). The van der Waals surface area contributed by atoms with Crippen molar-refractivity contribution in [3.8, 4) is 0 Å². The summed E-state index contributed by atoms with van der Waals surface area (Å²) in [4.78, 5) is 24.8. The van der Waals surface area contributed by atoms with Crippen molar-refractivity contribution < 1.29 is 19.4 Å². The number of amides is 1. The molecule has 0 heterocycles. The Labute approximate surface area is 153 Å². The molecule has 0 saturated carbocycles. The Morgan fingerprint density at radius 3 is 2.38 bits per heavy atom. The van der Waals surface area contributed by atoms with Gasteiger partial charge in [-0.2, -0.15) is 0 Å². The van der Waals surface area contributed by atoms with E-state index in [9.17, 15) is 9.59 Å². The number of rotatable bonds is 7. The SMILES string of the molecule is Cc1cccc(C)c1NC(=O)[C@@H](C)OC(=O)c1ccccc1NCCO. The average molecular weight is 356 g/mol. The van der Waals surface area contributed by atoms with Gasteiger partial charge in [0.15, 0.2) is 6.10 Å². The Kier molecular flexibility index (Phi) is 6.74. The number of aryl methyl sites for hydroxylation is 2. The van der Waals surface area contributed by atoms with Crippen LogP contribution in [0.25, 0.3) is 0 Å². The van der Waals surface area contributed by atoms with Gasteiger partial charge in [0.2, 0.25) is 0 Å². The van der Waals surface area contributed by atoms with E-state index in [1.54, 1.807) is 24.3 Å². The Balaban J connectivity index is 2.06. The molecular weight excluding hydrogens is 332 g/mol. The summed E-state index contributed by atoms with van der Waals surface area (Å²) in [5.41, 5.74) is 3.47. The maximum Gasteiger partial charge on any atom is 0.341 e. The summed E-state index contributed by atoms with van der Waals surface area (Å²) in [6, 6.07) is 12.5. The van der Waals surface area contributed by atoms with E-state index in [4.69, 9.17) is 9.84 Å². The van der Waals surface area contributed by atoms with Crippen LogP contribution in [0.4, 0.5) is 11.4 Å². The lowest BCUT2D eigenvalue weighted by molar-refractivity contribution is -0.123. The lowest BCUT2D eigenvalue weighted by Crippen LogP contribution is -2.30. The second-order valence-corrected chi connectivity index (χ2v) is 6.00. The van der Waals surface area contributed by atoms with Crippen molar-refractivity contribution in [1.29, 1.82) is 0 Å². The van der Waals surface area contributed by atoms with Crippen molar-refractivity contribution in [3.63, 3.8) is 0 Å². The Hall–Kier alpha value is -2.86. The monoisotopic (exact) mass is 356 g/mol. The van der Waals surface area contributed by atoms with Gasteiger partial charge in [-0.15, -0.1) is 0 Å². The number of para-hydroxylation sites is 2. The van der Waals surface area contributed by atoms with Gasteiger partial charge in [-0.1, -0.05) is 30.3 Å². The Morgan fingerprint density at radius 2 is 1.73 bits per heavy atom. The second kappa shape index (κ2) is 9.01. The summed E-state index contributed by atoms with van der Waals surface area (Å²) in [5.74, 6) is -0.994. The van der Waals surface area contributed by atoms with E-state index >= 15 is 0 Å². The van der Waals surface area contributed by atoms with E-state index in [1.807, 2.05) is 32.0 Å². The number of hydrogen-bond acceptors (Lipinski definition) is 5. The van der Waals surface area contributed by atoms with Crippen LogP contribution in [0.3, 0.4) is 0 Å². The molecule has 2 aromatic rings. The Morgan fingerprint density at radius 1 is 1.08 bits per heavy atom. The number of benzene rings is 2. The van der Waals surface area contributed by atoms with Gasteiger partial charge >= 0.3 is 5.97 Å². The molecule has 138 valence electrons. The fourth-order valence-corrected chi connectivity index (χ4v) is 2.52. The highest BCUT2D eigenvalue weighted by Crippen LogP contribution is 2.21. The van der Waals surface area contributed by atoms with E-state index in [0.717, 1.165) is 16.8 Å². The summed E-state index contributed by atoms with van der Waals surface area (Å²) in [5, 5.41) is 14.7. The highest BCUT2D eigenvalue weighted by Gasteiger charge is 2.21. The first-order valence-corrected chi connectivity index (χ1v) is 8.46. The summed E-state index contributed by atoms with van der Waals surface area (Å²) >= 11 is 0. The predicted octanol–water partition coefficient (Wildman–Crippen LogP) is 2.89. The minimum absolute atomic E-state index is 0.0576. The van der Waals surface area contributed by atoms with E-state index in [-0.39, 0.29) is 6.61 Å². The van der Waals surface area contributed by atoms with Crippen molar-refractivity contribution in [2.24, 2.45) is 0 Å². The molecule has 0 spiro atoms. The number of ether oxygens (including phenoxy) is 1. The molecule has 26 heavy (non-hydrogen) atoms. The molecule has 0 saturated heterocycles. The van der Waals surface area contributed by atoms with Crippen LogP contribution in [0.5, 0.6) is 0 Å². The third kappa shape index (κ3) is 4.83. The molecule has 0 aliphatic heterocycles. The van der Waals surface area contributed by atoms with Gasteiger partial charge in [0.25, 0.3) is 5.91 Å². The number of aliphatic hydroxyl groups excluding tert-OH is 1. The van der Waals surface area contributed by atoms with E-state index in [1.165, 1.54) is 6.92 Å². The molecule has 0 unspecified atom stereocenters. The maximum absolute atomic E-state index is 12.4. The Bertz CT molecular complexity index is 769. The smallest absolute Gasteiger partial charge is 0.341 e. The molecule has 2 aromatic carbocycles. The number of esters is 1. The molecule has 0 fully saturated rings. The summed E-state index contributed by atoms with van der Waals surface area (Å²) in [6.07, 6.45) is -0.951. The van der Waals surface area contributed by atoms with E-state index in [2.05, 4.69) is 10.6 Å². The predicted molar refractivity (Wildman–Crippen MR) is 101 cm³/mol. The van der Waals surface area contributed by atoms with Gasteiger partial charge in [0, 0.05) is 17.9 Å². The topological polar surface area (TPSA) is 87.7 Å². The first-order chi connectivity index (χ1) is 12.4. The zero-order valence-corrected chi connectivity index (χ0v) is 15.2. The third-order valence-corrected chi connectivity index (χ3v) is 3.96. The van der Waals surface area contributed by atoms with Crippen molar-refractivity contribution >= 4 is 23.3 Å². The van der Waals surface area contributed by atoms with Gasteiger partial charge in [0.1, 0.15) is 0 Å². The number of hydrogen-bond donors (Lipinski definition) is 3. The normalized spacial score (nSPS) is 11.5. The number of aliphatic hydroxyl groups is 1. The lowest BCUT2D eigenvalue weighted by atomic mass is 10.1. The molecule has 0 aliphatic rings. The second-order valence-electron chi connectivity index (χ2n) is 6.00. The first kappa shape index (κ1) is 19.5. The fraction of sp³-hybridized carbons (Fsp3) is 0.300. The van der Waals surface area contributed by atoms with Gasteiger partial charge in [-0.05, 0) is 44.0 Å². The highest BCUT2D eigenvalue weighted by atomic mass is 16.5. The summed E-state index contributed by atoms with van der Waals surface area (Å²) in [6.45, 7) is 5.60. The molecule has 3 N–H and O–H groups in total. The van der Waals surface area contributed by atoms with Gasteiger partial charge in [-0.25, -0.2) is 4.79 Å². The molecule has 6 nitrogen and oxygen atoms in total. The molecule has 0 bridgehead atoms. The van der Waals surface area contributed by atoms with Crippen LogP contribution >= 0.6 is 0 Å². The number of nitrogens with one attached hydrogen (secondary N) is 2.